The van der Waals surface area contributed by atoms with Crippen molar-refractivity contribution < 1.29 is 50.5 Å². The van der Waals surface area contributed by atoms with E-state index in [0.717, 1.165) is 0 Å². The number of aliphatic hydroxyl groups excluding tert-OH is 1. The quantitative estimate of drug-likeness (QED) is 0.211. The fourth-order valence-corrected chi connectivity index (χ4v) is 2.02. The number of esters is 2. The van der Waals surface area contributed by atoms with E-state index in [0.29, 0.717) is 0 Å². The number of rotatable bonds is 12. The Balaban J connectivity index is 4.93. The van der Waals surface area contributed by atoms with Crippen LogP contribution in [0, 0.1) is 11.8 Å². The molecule has 5 nitrogen and oxygen atoms in total. The zero-order valence-electron chi connectivity index (χ0n) is 15.8. The Labute approximate surface area is 163 Å². The molecule has 0 bridgehead atoms. The summed E-state index contributed by atoms with van der Waals surface area (Å²) >= 11 is 0. The average molecular weight is 432 g/mol. The van der Waals surface area contributed by atoms with Gasteiger partial charge in [0.15, 0.2) is 29.1 Å². The smallest absolute Gasteiger partial charge is 0.309 e. The summed E-state index contributed by atoms with van der Waals surface area (Å²) in [4.78, 5) is 23.7. The highest BCUT2D eigenvalue weighted by Gasteiger charge is 2.27. The van der Waals surface area contributed by atoms with Gasteiger partial charge in [0.1, 0.15) is 12.9 Å². The predicted octanol–water partition coefficient (Wildman–Crippen LogP) is 4.59. The molecule has 0 fully saturated rings. The van der Waals surface area contributed by atoms with Crippen LogP contribution in [0.4, 0.5) is 26.3 Å². The molecule has 29 heavy (non-hydrogen) atoms. The molecule has 0 amide bonds. The third kappa shape index (κ3) is 9.16. The summed E-state index contributed by atoms with van der Waals surface area (Å²) in [5.74, 6) is -15.5. The number of ether oxygens (including phenoxy) is 2. The molecular weight excluding hydrogens is 410 g/mol. The number of carbonyl (C=O) groups excluding carboxylic acids is 2. The van der Waals surface area contributed by atoms with Crippen molar-refractivity contribution >= 4 is 11.9 Å². The van der Waals surface area contributed by atoms with Gasteiger partial charge in [0.05, 0.1) is 18.4 Å². The lowest BCUT2D eigenvalue weighted by molar-refractivity contribution is -0.152. The largest absolute Gasteiger partial charge is 0.465 e. The van der Waals surface area contributed by atoms with E-state index in [9.17, 15) is 35.9 Å². The summed E-state index contributed by atoms with van der Waals surface area (Å²) in [5.41, 5.74) is 0. The fraction of sp³-hybridized carbons (Fsp3) is 0.556. The summed E-state index contributed by atoms with van der Waals surface area (Å²) in [6.45, 7) is 1.43. The molecule has 1 N–H and O–H groups in total. The van der Waals surface area contributed by atoms with Crippen LogP contribution < -0.4 is 0 Å². The highest BCUT2D eigenvalue weighted by Crippen LogP contribution is 2.28. The molecule has 0 aliphatic rings. The van der Waals surface area contributed by atoms with Gasteiger partial charge < -0.3 is 14.6 Å². The lowest BCUT2D eigenvalue weighted by atomic mass is 9.94. The Morgan fingerprint density at radius 3 is 2.14 bits per heavy atom. The molecule has 2 atom stereocenters. The van der Waals surface area contributed by atoms with Gasteiger partial charge in [-0.25, -0.2) is 26.3 Å². The second-order valence-corrected chi connectivity index (χ2v) is 5.90. The van der Waals surface area contributed by atoms with Gasteiger partial charge >= 0.3 is 11.9 Å². The van der Waals surface area contributed by atoms with E-state index >= 15 is 0 Å². The average Bonchev–Trinajstić information content (AvgIpc) is 2.72. The molecule has 0 saturated heterocycles. The molecule has 0 rings (SSSR count). The number of hydrogen-bond acceptors (Lipinski definition) is 5. The van der Waals surface area contributed by atoms with E-state index in [1.165, 1.54) is 6.92 Å². The normalized spacial score (nSPS) is 15.8. The molecule has 0 aromatic carbocycles. The van der Waals surface area contributed by atoms with Crippen LogP contribution in [0.25, 0.3) is 0 Å². The van der Waals surface area contributed by atoms with Gasteiger partial charge in [-0.1, -0.05) is 13.8 Å². The molecule has 2 unspecified atom stereocenters. The first-order chi connectivity index (χ1) is 13.6. The second kappa shape index (κ2) is 13.8. The maximum Gasteiger partial charge on any atom is 0.309 e. The number of halogens is 6. The van der Waals surface area contributed by atoms with Gasteiger partial charge in [0.2, 0.25) is 0 Å². The van der Waals surface area contributed by atoms with Crippen LogP contribution in [0.5, 0.6) is 0 Å². The van der Waals surface area contributed by atoms with Crippen LogP contribution in [-0.4, -0.2) is 36.9 Å². The summed E-state index contributed by atoms with van der Waals surface area (Å²) in [6, 6.07) is 0. The Bertz CT molecular complexity index is 659. The minimum absolute atomic E-state index is 0.00990. The van der Waals surface area contributed by atoms with Crippen molar-refractivity contribution in [2.45, 2.75) is 33.1 Å². The van der Waals surface area contributed by atoms with E-state index in [1.807, 2.05) is 0 Å². The maximum absolute atomic E-state index is 13.5. The van der Waals surface area contributed by atoms with Crippen LogP contribution in [0.15, 0.2) is 35.5 Å². The molecule has 11 heteroatoms. The number of aliphatic hydroxyl groups is 1. The SMILES string of the molecule is CCC(CC(C)C(=O)OCCCO)C(=O)OC\C(F)=C(F)/C(F)=C(F)/C(F)=C/F. The van der Waals surface area contributed by atoms with E-state index in [1.54, 1.807) is 6.92 Å². The van der Waals surface area contributed by atoms with Crippen molar-refractivity contribution in [3.63, 3.8) is 0 Å². The van der Waals surface area contributed by atoms with Gasteiger partial charge in [-0.2, -0.15) is 0 Å². The first kappa shape index (κ1) is 26.7. The van der Waals surface area contributed by atoms with Crippen LogP contribution in [0.1, 0.15) is 33.1 Å². The van der Waals surface area contributed by atoms with Crippen molar-refractivity contribution in [3.8, 4) is 0 Å². The van der Waals surface area contributed by atoms with E-state index in [-0.39, 0.29) is 32.5 Å². The molecule has 0 aromatic rings. The first-order valence-electron chi connectivity index (χ1n) is 8.60. The molecule has 0 aliphatic heterocycles. The molecular formula is C18H22F6O5. The van der Waals surface area contributed by atoms with Crippen molar-refractivity contribution in [1.29, 1.82) is 0 Å². The lowest BCUT2D eigenvalue weighted by Crippen LogP contribution is -2.25. The molecule has 0 spiro atoms. The van der Waals surface area contributed by atoms with Gasteiger partial charge in [0, 0.05) is 13.0 Å². The number of hydrogen-bond donors (Lipinski definition) is 1. The van der Waals surface area contributed by atoms with Crippen LogP contribution in [0.2, 0.25) is 0 Å². The van der Waals surface area contributed by atoms with Gasteiger partial charge in [-0.15, -0.1) is 0 Å². The molecule has 0 saturated carbocycles. The summed E-state index contributed by atoms with van der Waals surface area (Å²) in [5, 5.41) is 8.62. The lowest BCUT2D eigenvalue weighted by Gasteiger charge is -2.17. The van der Waals surface area contributed by atoms with E-state index < -0.39 is 65.8 Å². The highest BCUT2D eigenvalue weighted by atomic mass is 19.2. The van der Waals surface area contributed by atoms with Crippen molar-refractivity contribution in [1.82, 2.24) is 0 Å². The van der Waals surface area contributed by atoms with E-state index in [2.05, 4.69) is 4.74 Å². The topological polar surface area (TPSA) is 72.8 Å². The molecule has 0 aromatic heterocycles. The summed E-state index contributed by atoms with van der Waals surface area (Å²) < 4.78 is 86.7. The van der Waals surface area contributed by atoms with Crippen LogP contribution in [-0.2, 0) is 19.1 Å². The van der Waals surface area contributed by atoms with Crippen LogP contribution in [0.3, 0.4) is 0 Å². The fourth-order valence-electron chi connectivity index (χ4n) is 2.02. The standard InChI is InChI=1S/C18H22F6O5/c1-3-11(7-10(2)17(26)28-6-4-5-25)18(27)29-9-13(21)15(23)16(24)14(22)12(20)8-19/h8,10-11,25H,3-7,9H2,1-2H3/b12-8-,15-13-,16-14+. The van der Waals surface area contributed by atoms with Crippen molar-refractivity contribution in [2.75, 3.05) is 19.8 Å². The minimum atomic E-state index is -2.63. The highest BCUT2D eigenvalue weighted by molar-refractivity contribution is 5.75. The zero-order chi connectivity index (χ0) is 22.6. The van der Waals surface area contributed by atoms with E-state index in [4.69, 9.17) is 9.84 Å². The van der Waals surface area contributed by atoms with Gasteiger partial charge in [0.25, 0.3) is 0 Å². The van der Waals surface area contributed by atoms with Crippen LogP contribution >= 0.6 is 0 Å². The Hall–Kier alpha value is -2.30. The van der Waals surface area contributed by atoms with Crippen molar-refractivity contribution in [2.24, 2.45) is 11.8 Å². The Morgan fingerprint density at radius 2 is 1.62 bits per heavy atom. The number of allylic oxidation sites excluding steroid dienone is 4. The summed E-state index contributed by atoms with van der Waals surface area (Å²) in [7, 11) is 0. The second-order valence-electron chi connectivity index (χ2n) is 5.90. The van der Waals surface area contributed by atoms with Crippen molar-refractivity contribution in [3.05, 3.63) is 35.5 Å². The third-order valence-corrected chi connectivity index (χ3v) is 3.68. The van der Waals surface area contributed by atoms with Gasteiger partial charge in [-0.3, -0.25) is 9.59 Å². The monoisotopic (exact) mass is 432 g/mol. The third-order valence-electron chi connectivity index (χ3n) is 3.68. The molecule has 166 valence electrons. The maximum atomic E-state index is 13.5. The Morgan fingerprint density at radius 1 is 1.00 bits per heavy atom. The molecule has 0 heterocycles. The first-order valence-corrected chi connectivity index (χ1v) is 8.60. The predicted molar refractivity (Wildman–Crippen MR) is 90.0 cm³/mol. The number of carbonyl (C=O) groups is 2. The zero-order valence-corrected chi connectivity index (χ0v) is 15.8. The molecule has 0 aliphatic carbocycles. The molecule has 0 radical (unpaired) electrons. The van der Waals surface area contributed by atoms with Gasteiger partial charge in [-0.05, 0) is 12.8 Å². The Kier molecular flexibility index (Phi) is 12.7. The summed E-state index contributed by atoms with van der Waals surface area (Å²) in [6.07, 6.45) is -0.625. The minimum Gasteiger partial charge on any atom is -0.465 e.